The molecule has 1 aromatic heterocycles. The van der Waals surface area contributed by atoms with Gasteiger partial charge in [-0.3, -0.25) is 4.79 Å². The maximum Gasteiger partial charge on any atom is 0.410 e. The number of benzene rings is 2. The van der Waals surface area contributed by atoms with Crippen LogP contribution in [-0.4, -0.2) is 22.5 Å². The number of amides is 1. The van der Waals surface area contributed by atoms with Crippen LogP contribution in [0.1, 0.15) is 16.8 Å². The molecule has 1 N–H and O–H groups in total. The number of aromatic nitrogens is 1. The molecule has 4 rings (SSSR count). The quantitative estimate of drug-likeness (QED) is 0.658. The molecule has 0 spiro atoms. The maximum atomic E-state index is 14.5. The zero-order valence-electron chi connectivity index (χ0n) is 16.0. The highest BCUT2D eigenvalue weighted by Gasteiger charge is 2.28. The summed E-state index contributed by atoms with van der Waals surface area (Å²) in [5.41, 5.74) is 1.83. The summed E-state index contributed by atoms with van der Waals surface area (Å²) in [6, 6.07) is 15.4. The molecule has 0 bridgehead atoms. The minimum Gasteiger partial charge on any atom is -0.445 e. The van der Waals surface area contributed by atoms with Crippen LogP contribution in [-0.2, 0) is 24.3 Å². The molecule has 0 aliphatic carbocycles. The highest BCUT2D eigenvalue weighted by atomic mass is 19.1. The molecule has 1 amide bonds. The van der Waals surface area contributed by atoms with Crippen LogP contribution >= 0.6 is 0 Å². The SMILES string of the molecule is [C-]#[N+]c1c(-c2ccccc2F)c2c([nH]c1=O)CN(C(=O)OCc1ccccc1)CC2. The van der Waals surface area contributed by atoms with Gasteiger partial charge in [0.1, 0.15) is 12.4 Å². The van der Waals surface area contributed by atoms with E-state index in [-0.39, 0.29) is 24.4 Å². The van der Waals surface area contributed by atoms with Gasteiger partial charge in [0, 0.05) is 23.4 Å². The number of hydrogen-bond acceptors (Lipinski definition) is 3. The first kappa shape index (κ1) is 19.4. The van der Waals surface area contributed by atoms with E-state index in [1.54, 1.807) is 18.2 Å². The highest BCUT2D eigenvalue weighted by Crippen LogP contribution is 2.36. The first-order valence-corrected chi connectivity index (χ1v) is 9.44. The molecule has 0 saturated heterocycles. The van der Waals surface area contributed by atoms with Crippen molar-refractivity contribution in [3.63, 3.8) is 0 Å². The number of fused-ring (bicyclic) bond motifs is 1. The van der Waals surface area contributed by atoms with Gasteiger partial charge in [-0.1, -0.05) is 48.5 Å². The molecule has 7 heteroatoms. The molecule has 1 aliphatic heterocycles. The van der Waals surface area contributed by atoms with Gasteiger partial charge < -0.3 is 14.6 Å². The molecule has 0 unspecified atom stereocenters. The summed E-state index contributed by atoms with van der Waals surface area (Å²) >= 11 is 0. The number of nitrogens with zero attached hydrogens (tertiary/aromatic N) is 2. The monoisotopic (exact) mass is 403 g/mol. The van der Waals surface area contributed by atoms with Crippen LogP contribution in [0.3, 0.4) is 0 Å². The number of aromatic amines is 1. The molecular weight excluding hydrogens is 385 g/mol. The predicted octanol–water partition coefficient (Wildman–Crippen LogP) is 4.43. The van der Waals surface area contributed by atoms with Crippen molar-refractivity contribution < 1.29 is 13.9 Å². The lowest BCUT2D eigenvalue weighted by Gasteiger charge is -2.29. The number of H-pyrrole nitrogens is 1. The van der Waals surface area contributed by atoms with E-state index < -0.39 is 17.5 Å². The molecule has 0 fully saturated rings. The smallest absolute Gasteiger partial charge is 0.410 e. The van der Waals surface area contributed by atoms with Crippen molar-refractivity contribution in [3.05, 3.63) is 99.0 Å². The van der Waals surface area contributed by atoms with E-state index in [0.717, 1.165) is 5.56 Å². The molecule has 2 heterocycles. The van der Waals surface area contributed by atoms with E-state index >= 15 is 0 Å². The molecule has 0 atom stereocenters. The number of hydrogen-bond donors (Lipinski definition) is 1. The number of halogens is 1. The Labute approximate surface area is 172 Å². The van der Waals surface area contributed by atoms with Crippen molar-refractivity contribution in [1.82, 2.24) is 9.88 Å². The zero-order chi connectivity index (χ0) is 21.1. The summed E-state index contributed by atoms with van der Waals surface area (Å²) in [5, 5.41) is 0. The van der Waals surface area contributed by atoms with Crippen LogP contribution < -0.4 is 5.56 Å². The van der Waals surface area contributed by atoms with Gasteiger partial charge in [-0.2, -0.15) is 0 Å². The van der Waals surface area contributed by atoms with E-state index in [2.05, 4.69) is 9.83 Å². The minimum absolute atomic E-state index is 0.123. The van der Waals surface area contributed by atoms with E-state index in [1.807, 2.05) is 30.3 Å². The Morgan fingerprint density at radius 3 is 2.63 bits per heavy atom. The number of nitrogens with one attached hydrogen (secondary N) is 1. The third kappa shape index (κ3) is 3.67. The Morgan fingerprint density at radius 2 is 1.90 bits per heavy atom. The highest BCUT2D eigenvalue weighted by molar-refractivity contribution is 5.82. The Balaban J connectivity index is 1.63. The lowest BCUT2D eigenvalue weighted by Crippen LogP contribution is -2.38. The Hall–Kier alpha value is -3.92. The van der Waals surface area contributed by atoms with Crippen LogP contribution in [0.4, 0.5) is 14.9 Å². The molecule has 6 nitrogen and oxygen atoms in total. The number of carbonyl (C=O) groups excluding carboxylic acids is 1. The average Bonchev–Trinajstić information content (AvgIpc) is 2.77. The van der Waals surface area contributed by atoms with Crippen molar-refractivity contribution in [2.45, 2.75) is 19.6 Å². The van der Waals surface area contributed by atoms with E-state index in [4.69, 9.17) is 11.3 Å². The number of pyridine rings is 1. The van der Waals surface area contributed by atoms with Crippen LogP contribution in [0.2, 0.25) is 0 Å². The summed E-state index contributed by atoms with van der Waals surface area (Å²) in [6.07, 6.45) is -0.120. The fourth-order valence-corrected chi connectivity index (χ4v) is 3.63. The fraction of sp³-hybridized carbons (Fsp3) is 0.174. The van der Waals surface area contributed by atoms with Crippen molar-refractivity contribution >= 4 is 11.8 Å². The Kier molecular flexibility index (Phi) is 5.31. The lowest BCUT2D eigenvalue weighted by atomic mass is 9.92. The Morgan fingerprint density at radius 1 is 1.17 bits per heavy atom. The molecule has 2 aromatic carbocycles. The average molecular weight is 403 g/mol. The summed E-state index contributed by atoms with van der Waals surface area (Å²) < 4.78 is 19.8. The second-order valence-electron chi connectivity index (χ2n) is 6.94. The molecular formula is C23H18FN3O3. The third-order valence-corrected chi connectivity index (χ3v) is 5.08. The molecule has 30 heavy (non-hydrogen) atoms. The fourth-order valence-electron chi connectivity index (χ4n) is 3.63. The summed E-state index contributed by atoms with van der Waals surface area (Å²) in [5.74, 6) is -0.500. The molecule has 0 saturated carbocycles. The first-order valence-electron chi connectivity index (χ1n) is 9.44. The van der Waals surface area contributed by atoms with E-state index in [9.17, 15) is 14.0 Å². The van der Waals surface area contributed by atoms with Crippen LogP contribution in [0.25, 0.3) is 16.0 Å². The van der Waals surface area contributed by atoms with Gasteiger partial charge in [-0.05, 0) is 23.6 Å². The molecule has 3 aromatic rings. The van der Waals surface area contributed by atoms with Crippen molar-refractivity contribution in [1.29, 1.82) is 0 Å². The van der Waals surface area contributed by atoms with Gasteiger partial charge in [0.2, 0.25) is 0 Å². The normalized spacial score (nSPS) is 12.7. The number of rotatable bonds is 3. The predicted molar refractivity (Wildman–Crippen MR) is 109 cm³/mol. The topological polar surface area (TPSA) is 66.8 Å². The summed E-state index contributed by atoms with van der Waals surface area (Å²) in [6.45, 7) is 8.02. The van der Waals surface area contributed by atoms with E-state index in [0.29, 0.717) is 29.8 Å². The number of carbonyl (C=O) groups is 1. The van der Waals surface area contributed by atoms with Crippen LogP contribution in [0.15, 0.2) is 59.4 Å². The molecule has 0 radical (unpaired) electrons. The van der Waals surface area contributed by atoms with Crippen molar-refractivity contribution in [3.8, 4) is 11.1 Å². The minimum atomic E-state index is -0.596. The lowest BCUT2D eigenvalue weighted by molar-refractivity contribution is 0.0913. The Bertz CT molecular complexity index is 1200. The van der Waals surface area contributed by atoms with Gasteiger partial charge in [0.25, 0.3) is 11.2 Å². The van der Waals surface area contributed by atoms with Gasteiger partial charge in [0.15, 0.2) is 0 Å². The van der Waals surface area contributed by atoms with Crippen molar-refractivity contribution in [2.75, 3.05) is 6.54 Å². The maximum absolute atomic E-state index is 14.5. The summed E-state index contributed by atoms with van der Waals surface area (Å²) in [7, 11) is 0. The van der Waals surface area contributed by atoms with Gasteiger partial charge in [0.05, 0.1) is 13.1 Å². The second-order valence-corrected chi connectivity index (χ2v) is 6.94. The van der Waals surface area contributed by atoms with Crippen molar-refractivity contribution in [2.24, 2.45) is 0 Å². The van der Waals surface area contributed by atoms with Gasteiger partial charge in [-0.25, -0.2) is 14.0 Å². The number of ether oxygens (including phenoxy) is 1. The molecule has 150 valence electrons. The third-order valence-electron chi connectivity index (χ3n) is 5.08. The largest absolute Gasteiger partial charge is 0.445 e. The van der Waals surface area contributed by atoms with Gasteiger partial charge in [-0.15, -0.1) is 0 Å². The summed E-state index contributed by atoms with van der Waals surface area (Å²) in [4.78, 5) is 32.5. The standard InChI is InChI=1S/C23H18FN3O3/c1-25-21-20(16-9-5-6-10-18(16)24)17-11-12-27(13-19(17)26-22(21)28)23(29)30-14-15-7-3-2-4-8-15/h2-10H,11-14H2,(H,26,28). The van der Waals surface area contributed by atoms with Crippen LogP contribution in [0, 0.1) is 12.4 Å². The molecule has 1 aliphatic rings. The first-order chi connectivity index (χ1) is 14.6. The van der Waals surface area contributed by atoms with E-state index in [1.165, 1.54) is 11.0 Å². The second kappa shape index (κ2) is 8.21. The van der Waals surface area contributed by atoms with Crippen LogP contribution in [0.5, 0.6) is 0 Å². The van der Waals surface area contributed by atoms with Gasteiger partial charge >= 0.3 is 6.09 Å². The zero-order valence-corrected chi connectivity index (χ0v) is 16.0.